The van der Waals surface area contributed by atoms with Gasteiger partial charge in [-0.1, -0.05) is 4.49 Å². The van der Waals surface area contributed by atoms with Crippen molar-refractivity contribution >= 4 is 27.7 Å². The maximum atomic E-state index is 11.0. The fraction of sp³-hybridized carbons (Fsp3) is 0.125. The second kappa shape index (κ2) is 3.22. The molecule has 0 unspecified atom stereocenters. The van der Waals surface area contributed by atoms with Gasteiger partial charge in [0.1, 0.15) is 16.8 Å². The molecule has 2 rings (SSSR count). The fourth-order valence-electron chi connectivity index (χ4n) is 1.20. The summed E-state index contributed by atoms with van der Waals surface area (Å²) in [6.45, 7) is 0. The van der Waals surface area contributed by atoms with Crippen molar-refractivity contribution in [2.45, 2.75) is 0 Å². The Morgan fingerprint density at radius 3 is 3.00 bits per heavy atom. The van der Waals surface area contributed by atoms with Crippen molar-refractivity contribution in [3.05, 3.63) is 17.7 Å². The molecule has 0 amide bonds. The molecular weight excluding hydrogens is 204 g/mol. The molecule has 5 nitrogen and oxygen atoms in total. The lowest BCUT2D eigenvalue weighted by molar-refractivity contribution is 0.0696. The van der Waals surface area contributed by atoms with Gasteiger partial charge in [-0.2, -0.15) is 0 Å². The molecule has 6 heteroatoms. The molecule has 0 saturated heterocycles. The highest BCUT2D eigenvalue weighted by Crippen LogP contribution is 2.28. The highest BCUT2D eigenvalue weighted by molar-refractivity contribution is 7.13. The third-order valence-electron chi connectivity index (χ3n) is 1.81. The van der Waals surface area contributed by atoms with Crippen molar-refractivity contribution < 1.29 is 14.6 Å². The van der Waals surface area contributed by atoms with E-state index in [4.69, 9.17) is 9.84 Å². The van der Waals surface area contributed by atoms with Gasteiger partial charge in [-0.25, -0.2) is 4.79 Å². The minimum atomic E-state index is -1.03. The molecule has 1 heterocycles. The van der Waals surface area contributed by atoms with Gasteiger partial charge in [-0.3, -0.25) is 0 Å². The van der Waals surface area contributed by atoms with E-state index in [1.165, 1.54) is 7.11 Å². The fourth-order valence-corrected chi connectivity index (χ4v) is 1.89. The molecule has 0 aliphatic carbocycles. The number of methoxy groups -OCH3 is 1. The van der Waals surface area contributed by atoms with E-state index in [2.05, 4.69) is 9.59 Å². The smallest absolute Gasteiger partial charge is 0.341 e. The molecule has 1 N–H and O–H groups in total. The summed E-state index contributed by atoms with van der Waals surface area (Å²) in [5.74, 6) is -0.699. The first kappa shape index (κ1) is 8.89. The quantitative estimate of drug-likeness (QED) is 0.811. The Balaban J connectivity index is 2.82. The molecule has 0 atom stereocenters. The highest BCUT2D eigenvalue weighted by Gasteiger charge is 2.17. The first-order chi connectivity index (χ1) is 6.74. The van der Waals surface area contributed by atoms with E-state index >= 15 is 0 Å². The molecule has 72 valence electrons. The minimum Gasteiger partial charge on any atom is -0.496 e. The third-order valence-corrected chi connectivity index (χ3v) is 2.57. The van der Waals surface area contributed by atoms with Gasteiger partial charge >= 0.3 is 5.97 Å². The van der Waals surface area contributed by atoms with E-state index in [9.17, 15) is 4.79 Å². The maximum absolute atomic E-state index is 11.0. The van der Waals surface area contributed by atoms with E-state index < -0.39 is 5.97 Å². The van der Waals surface area contributed by atoms with Crippen LogP contribution in [0.5, 0.6) is 5.75 Å². The number of carbonyl (C=O) groups is 1. The van der Waals surface area contributed by atoms with E-state index in [-0.39, 0.29) is 5.56 Å². The Bertz CT molecular complexity index is 494. The number of aromatic nitrogens is 2. The van der Waals surface area contributed by atoms with E-state index in [0.717, 1.165) is 11.5 Å². The maximum Gasteiger partial charge on any atom is 0.341 e. The zero-order valence-corrected chi connectivity index (χ0v) is 8.04. The standard InChI is InChI=1S/C8H6N2O3S/c1-13-5-3-2-4-7(14-10-9-4)6(5)8(11)12/h2-3H,1H3,(H,11,12). The van der Waals surface area contributed by atoms with Crippen LogP contribution in [-0.2, 0) is 0 Å². The number of aromatic carboxylic acids is 1. The molecule has 1 aromatic heterocycles. The molecule has 0 aliphatic heterocycles. The zero-order valence-electron chi connectivity index (χ0n) is 7.22. The van der Waals surface area contributed by atoms with Crippen LogP contribution in [0, 0.1) is 0 Å². The van der Waals surface area contributed by atoms with Crippen molar-refractivity contribution in [1.29, 1.82) is 0 Å². The van der Waals surface area contributed by atoms with E-state index in [0.29, 0.717) is 16.0 Å². The van der Waals surface area contributed by atoms with Gasteiger partial charge in [0.05, 0.1) is 11.8 Å². The summed E-state index contributed by atoms with van der Waals surface area (Å²) < 4.78 is 9.19. The molecule has 0 fully saturated rings. The van der Waals surface area contributed by atoms with Gasteiger partial charge in [0.2, 0.25) is 0 Å². The molecule has 1 aromatic carbocycles. The van der Waals surface area contributed by atoms with Crippen molar-refractivity contribution in [2.75, 3.05) is 7.11 Å². The van der Waals surface area contributed by atoms with Gasteiger partial charge in [0, 0.05) is 0 Å². The van der Waals surface area contributed by atoms with E-state index in [1.54, 1.807) is 12.1 Å². The molecule has 0 radical (unpaired) electrons. The predicted molar refractivity (Wildman–Crippen MR) is 50.9 cm³/mol. The summed E-state index contributed by atoms with van der Waals surface area (Å²) >= 11 is 1.05. The Labute approximate surface area is 83.1 Å². The van der Waals surface area contributed by atoms with Crippen molar-refractivity contribution in [3.8, 4) is 5.75 Å². The summed E-state index contributed by atoms with van der Waals surface area (Å²) in [4.78, 5) is 11.0. The van der Waals surface area contributed by atoms with Crippen molar-refractivity contribution in [2.24, 2.45) is 0 Å². The Morgan fingerprint density at radius 1 is 1.57 bits per heavy atom. The first-order valence-corrected chi connectivity index (χ1v) is 4.53. The van der Waals surface area contributed by atoms with Crippen molar-refractivity contribution in [1.82, 2.24) is 9.59 Å². The van der Waals surface area contributed by atoms with Gasteiger partial charge in [-0.05, 0) is 23.7 Å². The predicted octanol–water partition coefficient (Wildman–Crippen LogP) is 1.40. The third kappa shape index (κ3) is 1.20. The summed E-state index contributed by atoms with van der Waals surface area (Å²) in [5, 5.41) is 12.8. The van der Waals surface area contributed by atoms with Gasteiger partial charge in [0.25, 0.3) is 0 Å². The van der Waals surface area contributed by atoms with Crippen LogP contribution in [0.15, 0.2) is 12.1 Å². The monoisotopic (exact) mass is 210 g/mol. The molecule has 0 aliphatic rings. The Hall–Kier alpha value is -1.69. The number of fused-ring (bicyclic) bond motifs is 1. The molecule has 0 bridgehead atoms. The van der Waals surface area contributed by atoms with Crippen LogP contribution in [0.1, 0.15) is 10.4 Å². The van der Waals surface area contributed by atoms with Gasteiger partial charge < -0.3 is 9.84 Å². The normalized spacial score (nSPS) is 10.4. The average molecular weight is 210 g/mol. The van der Waals surface area contributed by atoms with Crippen LogP contribution in [0.2, 0.25) is 0 Å². The topological polar surface area (TPSA) is 72.3 Å². The number of ether oxygens (including phenoxy) is 1. The lowest BCUT2D eigenvalue weighted by Crippen LogP contribution is -2.00. The van der Waals surface area contributed by atoms with Gasteiger partial charge in [-0.15, -0.1) is 5.10 Å². The number of nitrogens with zero attached hydrogens (tertiary/aromatic N) is 2. The lowest BCUT2D eigenvalue weighted by atomic mass is 10.2. The molecule has 0 spiro atoms. The Kier molecular flexibility index (Phi) is 2.05. The number of rotatable bonds is 2. The SMILES string of the molecule is COc1ccc2nnsc2c1C(=O)O. The zero-order chi connectivity index (χ0) is 10.1. The highest BCUT2D eigenvalue weighted by atomic mass is 32.1. The second-order valence-electron chi connectivity index (χ2n) is 2.57. The minimum absolute atomic E-state index is 0.125. The lowest BCUT2D eigenvalue weighted by Gasteiger charge is -2.03. The largest absolute Gasteiger partial charge is 0.496 e. The number of hydrogen-bond acceptors (Lipinski definition) is 5. The van der Waals surface area contributed by atoms with Crippen LogP contribution in [-0.4, -0.2) is 27.8 Å². The number of benzene rings is 1. The summed E-state index contributed by atoms with van der Waals surface area (Å²) in [7, 11) is 1.43. The Morgan fingerprint density at radius 2 is 2.36 bits per heavy atom. The van der Waals surface area contributed by atoms with Gasteiger partial charge in [0.15, 0.2) is 0 Å². The second-order valence-corrected chi connectivity index (χ2v) is 3.32. The molecule has 14 heavy (non-hydrogen) atoms. The number of carboxylic acids is 1. The van der Waals surface area contributed by atoms with Crippen LogP contribution in [0.4, 0.5) is 0 Å². The summed E-state index contributed by atoms with van der Waals surface area (Å²) in [6.07, 6.45) is 0. The molecule has 0 saturated carbocycles. The van der Waals surface area contributed by atoms with Crippen LogP contribution in [0.3, 0.4) is 0 Å². The number of carboxylic acid groups (broad SMARTS) is 1. The molecule has 2 aromatic rings. The summed E-state index contributed by atoms with van der Waals surface area (Å²) in [5.41, 5.74) is 0.702. The average Bonchev–Trinajstić information content (AvgIpc) is 2.62. The number of hydrogen-bond donors (Lipinski definition) is 1. The van der Waals surface area contributed by atoms with E-state index in [1.807, 2.05) is 0 Å². The van der Waals surface area contributed by atoms with Crippen molar-refractivity contribution in [3.63, 3.8) is 0 Å². The first-order valence-electron chi connectivity index (χ1n) is 3.76. The van der Waals surface area contributed by atoms with Crippen LogP contribution in [0.25, 0.3) is 10.2 Å². The van der Waals surface area contributed by atoms with Crippen LogP contribution < -0.4 is 4.74 Å². The summed E-state index contributed by atoms with van der Waals surface area (Å²) in [6, 6.07) is 3.26. The molecular formula is C8H6N2O3S. The van der Waals surface area contributed by atoms with Crippen LogP contribution >= 0.6 is 11.5 Å².